The molecule has 0 aromatic carbocycles. The van der Waals surface area contributed by atoms with E-state index in [4.69, 9.17) is 13.8 Å². The highest BCUT2D eigenvalue weighted by molar-refractivity contribution is 7.45. The van der Waals surface area contributed by atoms with Crippen LogP contribution in [-0.2, 0) is 18.3 Å². The smallest absolute Gasteiger partial charge is 0.268 e. The lowest BCUT2D eigenvalue weighted by atomic mass is 10.0. The van der Waals surface area contributed by atoms with Gasteiger partial charge in [0, 0.05) is 6.61 Å². The fourth-order valence-corrected chi connectivity index (χ4v) is 4.23. The highest BCUT2D eigenvalue weighted by atomic mass is 31.2. The fourth-order valence-electron chi connectivity index (χ4n) is 3.37. The lowest BCUT2D eigenvalue weighted by molar-refractivity contribution is -0.870. The maximum Gasteiger partial charge on any atom is 0.268 e. The first-order valence-electron chi connectivity index (χ1n) is 12.8. The molecule has 0 aromatic rings. The van der Waals surface area contributed by atoms with Crippen LogP contribution < -0.4 is 4.89 Å². The summed E-state index contributed by atoms with van der Waals surface area (Å²) in [4.78, 5) is 11.9. The molecular weight excluding hydrogens is 429 g/mol. The molecule has 0 bridgehead atoms. The second kappa shape index (κ2) is 20.4. The number of quaternary nitrogens is 1. The van der Waals surface area contributed by atoms with E-state index in [2.05, 4.69) is 6.92 Å². The Morgan fingerprint density at radius 1 is 0.812 bits per heavy atom. The van der Waals surface area contributed by atoms with Crippen molar-refractivity contribution in [2.24, 2.45) is 0 Å². The summed E-state index contributed by atoms with van der Waals surface area (Å²) in [5, 5.41) is 9.35. The predicted molar refractivity (Wildman–Crippen MR) is 130 cm³/mol. The molecule has 32 heavy (non-hydrogen) atoms. The number of rotatable bonds is 24. The van der Waals surface area contributed by atoms with Crippen molar-refractivity contribution in [2.75, 3.05) is 54.1 Å². The third-order valence-corrected chi connectivity index (χ3v) is 6.49. The van der Waals surface area contributed by atoms with Crippen LogP contribution in [-0.4, -0.2) is 69.8 Å². The molecule has 194 valence electrons. The van der Waals surface area contributed by atoms with Crippen LogP contribution in [0.25, 0.3) is 0 Å². The molecule has 0 aromatic heterocycles. The molecular formula is C24H52NO6P. The Hall–Kier alpha value is -0.0100. The van der Waals surface area contributed by atoms with Gasteiger partial charge >= 0.3 is 0 Å². The molecule has 0 aliphatic rings. The maximum atomic E-state index is 11.9. The van der Waals surface area contributed by atoms with E-state index in [-0.39, 0.29) is 13.2 Å². The van der Waals surface area contributed by atoms with Crippen molar-refractivity contribution < 1.29 is 32.8 Å². The number of aliphatic hydroxyl groups is 1. The molecule has 0 amide bonds. The number of nitrogens with zero attached hydrogens (tertiary/aromatic N) is 1. The quantitative estimate of drug-likeness (QED) is 0.118. The topological polar surface area (TPSA) is 88.0 Å². The van der Waals surface area contributed by atoms with Gasteiger partial charge in [-0.1, -0.05) is 90.4 Å². The summed E-state index contributed by atoms with van der Waals surface area (Å²) < 4.78 is 27.7. The lowest BCUT2D eigenvalue weighted by Gasteiger charge is -2.29. The van der Waals surface area contributed by atoms with Crippen LogP contribution in [0.1, 0.15) is 96.8 Å². The van der Waals surface area contributed by atoms with E-state index in [9.17, 15) is 14.6 Å². The number of likely N-dealkylation sites (N-methyl/N-ethyl adjacent to an activating group) is 1. The van der Waals surface area contributed by atoms with E-state index in [1.165, 1.54) is 77.0 Å². The number of unbranched alkanes of at least 4 members (excludes halogenated alkanes) is 13. The van der Waals surface area contributed by atoms with Crippen molar-refractivity contribution in [3.8, 4) is 0 Å². The van der Waals surface area contributed by atoms with Crippen LogP contribution in [0, 0.1) is 0 Å². The summed E-state index contributed by atoms with van der Waals surface area (Å²) in [6.45, 7) is 3.00. The summed E-state index contributed by atoms with van der Waals surface area (Å²) in [6.07, 6.45) is 17.3. The van der Waals surface area contributed by atoms with Gasteiger partial charge in [0.15, 0.2) is 0 Å². The molecule has 7 nitrogen and oxygen atoms in total. The van der Waals surface area contributed by atoms with Gasteiger partial charge in [-0.15, -0.1) is 0 Å². The Labute approximate surface area is 198 Å². The first kappa shape index (κ1) is 32.0. The number of hydrogen-bond donors (Lipinski definition) is 1. The summed E-state index contributed by atoms with van der Waals surface area (Å²) >= 11 is 0. The summed E-state index contributed by atoms with van der Waals surface area (Å²) in [7, 11) is 1.40. The molecule has 0 saturated carbocycles. The molecule has 0 heterocycles. The SMILES string of the molecule is CCCCCCCCCCCCCCCCOC[C@@H](CO)OP(=O)([O-])OCC[N+](C)(C)C. The maximum absolute atomic E-state index is 11.9. The minimum absolute atomic E-state index is 0.0415. The molecule has 0 radical (unpaired) electrons. The average molecular weight is 482 g/mol. The predicted octanol–water partition coefficient (Wildman–Crippen LogP) is 5.05. The number of phosphoric ester groups is 1. The molecule has 0 fully saturated rings. The first-order chi connectivity index (χ1) is 15.2. The van der Waals surface area contributed by atoms with Gasteiger partial charge < -0.3 is 28.3 Å². The van der Waals surface area contributed by atoms with E-state index in [0.29, 0.717) is 17.6 Å². The highest BCUT2D eigenvalue weighted by Gasteiger charge is 2.19. The van der Waals surface area contributed by atoms with E-state index in [0.717, 1.165) is 12.8 Å². The van der Waals surface area contributed by atoms with Crippen LogP contribution >= 0.6 is 7.82 Å². The van der Waals surface area contributed by atoms with Gasteiger partial charge in [0.2, 0.25) is 0 Å². The second-order valence-electron chi connectivity index (χ2n) is 9.88. The molecule has 0 aliphatic carbocycles. The van der Waals surface area contributed by atoms with Crippen molar-refractivity contribution in [2.45, 2.75) is 103 Å². The number of aliphatic hydroxyl groups excluding tert-OH is 1. The monoisotopic (exact) mass is 481 g/mol. The van der Waals surface area contributed by atoms with E-state index in [1.807, 2.05) is 21.1 Å². The Bertz CT molecular complexity index is 458. The third kappa shape index (κ3) is 23.2. The summed E-state index contributed by atoms with van der Waals surface area (Å²) in [5.74, 6) is 0. The van der Waals surface area contributed by atoms with Crippen LogP contribution in [0.5, 0.6) is 0 Å². The zero-order valence-electron chi connectivity index (χ0n) is 21.4. The van der Waals surface area contributed by atoms with Crippen molar-refractivity contribution in [1.29, 1.82) is 0 Å². The average Bonchev–Trinajstić information content (AvgIpc) is 2.71. The molecule has 1 N–H and O–H groups in total. The minimum Gasteiger partial charge on any atom is -0.756 e. The zero-order valence-corrected chi connectivity index (χ0v) is 22.3. The molecule has 1 unspecified atom stereocenters. The van der Waals surface area contributed by atoms with Gasteiger partial charge in [0.25, 0.3) is 7.82 Å². The molecule has 2 atom stereocenters. The highest BCUT2D eigenvalue weighted by Crippen LogP contribution is 2.39. The van der Waals surface area contributed by atoms with Crippen molar-refractivity contribution >= 4 is 7.82 Å². The summed E-state index contributed by atoms with van der Waals surface area (Å²) in [5.41, 5.74) is 0. The normalized spacial score (nSPS) is 15.1. The van der Waals surface area contributed by atoms with Crippen LogP contribution in [0.3, 0.4) is 0 Å². The van der Waals surface area contributed by atoms with Gasteiger partial charge in [-0.3, -0.25) is 4.57 Å². The van der Waals surface area contributed by atoms with Crippen LogP contribution in [0.4, 0.5) is 0 Å². The Morgan fingerprint density at radius 3 is 1.72 bits per heavy atom. The Balaban J connectivity index is 3.55. The van der Waals surface area contributed by atoms with E-state index in [1.54, 1.807) is 0 Å². The van der Waals surface area contributed by atoms with Crippen LogP contribution in [0.15, 0.2) is 0 Å². The molecule has 0 spiro atoms. The summed E-state index contributed by atoms with van der Waals surface area (Å²) in [6, 6.07) is 0. The van der Waals surface area contributed by atoms with Crippen molar-refractivity contribution in [3.63, 3.8) is 0 Å². The number of hydrogen-bond acceptors (Lipinski definition) is 6. The van der Waals surface area contributed by atoms with Crippen molar-refractivity contribution in [1.82, 2.24) is 0 Å². The Morgan fingerprint density at radius 2 is 1.28 bits per heavy atom. The number of ether oxygens (including phenoxy) is 1. The van der Waals surface area contributed by atoms with Gasteiger partial charge in [-0.25, -0.2) is 0 Å². The molecule has 0 rings (SSSR count). The standard InChI is InChI=1S/C24H52NO6P/c1-5-6-7-8-9-10-11-12-13-14-15-16-17-18-20-29-23-24(22-26)31-32(27,28)30-21-19-25(2,3)4/h24,26H,5-23H2,1-4H3/t24-/m1/s1. The van der Waals surface area contributed by atoms with E-state index >= 15 is 0 Å². The van der Waals surface area contributed by atoms with Gasteiger partial charge in [0.1, 0.15) is 19.3 Å². The fraction of sp³-hybridized carbons (Fsp3) is 1.00. The second-order valence-corrected chi connectivity index (χ2v) is 11.2. The van der Waals surface area contributed by atoms with Gasteiger partial charge in [0.05, 0.1) is 34.4 Å². The van der Waals surface area contributed by atoms with Crippen LogP contribution in [0.2, 0.25) is 0 Å². The van der Waals surface area contributed by atoms with Gasteiger partial charge in [-0.2, -0.15) is 0 Å². The van der Waals surface area contributed by atoms with Crippen molar-refractivity contribution in [3.05, 3.63) is 0 Å². The molecule has 8 heteroatoms. The number of phosphoric acid groups is 1. The largest absolute Gasteiger partial charge is 0.756 e. The van der Waals surface area contributed by atoms with E-state index < -0.39 is 20.5 Å². The minimum atomic E-state index is -4.44. The first-order valence-corrected chi connectivity index (χ1v) is 14.3. The van der Waals surface area contributed by atoms with Gasteiger partial charge in [-0.05, 0) is 6.42 Å². The third-order valence-electron chi connectivity index (χ3n) is 5.44. The lowest BCUT2D eigenvalue weighted by Crippen LogP contribution is -2.37. The molecule has 0 aliphatic heterocycles. The molecule has 0 saturated heterocycles. The zero-order chi connectivity index (χ0) is 24.1. The Kier molecular flexibility index (Phi) is 20.4.